The molecule has 0 aromatic heterocycles. The van der Waals surface area contributed by atoms with E-state index in [9.17, 15) is 4.79 Å². The Morgan fingerprint density at radius 2 is 1.89 bits per heavy atom. The van der Waals surface area contributed by atoms with Crippen molar-refractivity contribution in [3.8, 4) is 0 Å². The molecule has 3 N–H and O–H groups in total. The van der Waals surface area contributed by atoms with Gasteiger partial charge >= 0.3 is 5.97 Å². The minimum atomic E-state index is -0.963. The number of nitrogen functional groups attached to an aromatic ring is 1. The van der Waals surface area contributed by atoms with Gasteiger partial charge in [0.15, 0.2) is 0 Å². The number of likely N-dealkylation sites (N-methyl/N-ethyl adjacent to an activating group) is 1. The third kappa shape index (κ3) is 3.45. The fourth-order valence-electron chi connectivity index (χ4n) is 2.41. The average molecular weight is 263 g/mol. The van der Waals surface area contributed by atoms with E-state index in [1.807, 2.05) is 6.07 Å². The standard InChI is InChI=1S/C14H21N3O2/c1-2-16-5-7-17(8-6-16)10-11-3-4-13(15)12(9-11)14(18)19/h3-4,9H,2,5-8,10,15H2,1H3,(H,18,19). The van der Waals surface area contributed by atoms with Crippen LogP contribution in [0.25, 0.3) is 0 Å². The highest BCUT2D eigenvalue weighted by Gasteiger charge is 2.16. The summed E-state index contributed by atoms with van der Waals surface area (Å²) in [5, 5.41) is 9.06. The zero-order chi connectivity index (χ0) is 13.8. The van der Waals surface area contributed by atoms with E-state index in [1.54, 1.807) is 12.1 Å². The summed E-state index contributed by atoms with van der Waals surface area (Å²) in [6, 6.07) is 5.28. The van der Waals surface area contributed by atoms with Crippen molar-refractivity contribution >= 4 is 11.7 Å². The first kappa shape index (κ1) is 13.8. The van der Waals surface area contributed by atoms with Gasteiger partial charge in [-0.25, -0.2) is 4.79 Å². The first-order valence-electron chi connectivity index (χ1n) is 6.66. The van der Waals surface area contributed by atoms with Crippen molar-refractivity contribution in [2.75, 3.05) is 38.5 Å². The van der Waals surface area contributed by atoms with Crippen LogP contribution in [-0.2, 0) is 6.54 Å². The molecule has 0 saturated carbocycles. The minimum absolute atomic E-state index is 0.199. The molecule has 0 bridgehead atoms. The van der Waals surface area contributed by atoms with Crippen LogP contribution in [0.1, 0.15) is 22.8 Å². The van der Waals surface area contributed by atoms with E-state index < -0.39 is 5.97 Å². The van der Waals surface area contributed by atoms with E-state index in [1.165, 1.54) is 0 Å². The lowest BCUT2D eigenvalue weighted by atomic mass is 10.1. The van der Waals surface area contributed by atoms with Gasteiger partial charge in [0.05, 0.1) is 5.56 Å². The zero-order valence-electron chi connectivity index (χ0n) is 11.3. The van der Waals surface area contributed by atoms with Gasteiger partial charge in [0, 0.05) is 38.4 Å². The lowest BCUT2D eigenvalue weighted by Gasteiger charge is -2.34. The summed E-state index contributed by atoms with van der Waals surface area (Å²) in [5.41, 5.74) is 7.19. The van der Waals surface area contributed by atoms with Crippen LogP contribution in [-0.4, -0.2) is 53.6 Å². The van der Waals surface area contributed by atoms with Crippen LogP contribution >= 0.6 is 0 Å². The van der Waals surface area contributed by atoms with Gasteiger partial charge in [0.25, 0.3) is 0 Å². The number of nitrogens with two attached hydrogens (primary N) is 1. The molecular formula is C14H21N3O2. The van der Waals surface area contributed by atoms with Crippen molar-refractivity contribution in [1.82, 2.24) is 9.80 Å². The minimum Gasteiger partial charge on any atom is -0.478 e. The molecule has 5 nitrogen and oxygen atoms in total. The summed E-state index contributed by atoms with van der Waals surface area (Å²) in [4.78, 5) is 15.8. The first-order chi connectivity index (χ1) is 9.10. The quantitative estimate of drug-likeness (QED) is 0.796. The van der Waals surface area contributed by atoms with Gasteiger partial charge in [-0.15, -0.1) is 0 Å². The van der Waals surface area contributed by atoms with Gasteiger partial charge < -0.3 is 15.7 Å². The molecule has 0 unspecified atom stereocenters. The maximum Gasteiger partial charge on any atom is 0.337 e. The molecule has 0 amide bonds. The Balaban J connectivity index is 2.00. The summed E-state index contributed by atoms with van der Waals surface area (Å²) in [6.07, 6.45) is 0. The Hall–Kier alpha value is -1.59. The lowest BCUT2D eigenvalue weighted by molar-refractivity contribution is 0.0697. The predicted octanol–water partition coefficient (Wildman–Crippen LogP) is 1.10. The first-order valence-corrected chi connectivity index (χ1v) is 6.66. The molecule has 19 heavy (non-hydrogen) atoms. The summed E-state index contributed by atoms with van der Waals surface area (Å²) < 4.78 is 0. The molecular weight excluding hydrogens is 242 g/mol. The maximum atomic E-state index is 11.0. The van der Waals surface area contributed by atoms with Crippen molar-refractivity contribution < 1.29 is 9.90 Å². The summed E-state index contributed by atoms with van der Waals surface area (Å²) in [5.74, 6) is -0.963. The number of aromatic carboxylic acids is 1. The SMILES string of the molecule is CCN1CCN(Cc2ccc(N)c(C(=O)O)c2)CC1. The number of nitrogens with zero attached hydrogens (tertiary/aromatic N) is 2. The molecule has 104 valence electrons. The van der Waals surface area contributed by atoms with Gasteiger partial charge in [-0.3, -0.25) is 4.90 Å². The number of carboxylic acids is 1. The van der Waals surface area contributed by atoms with Crippen LogP contribution in [0.5, 0.6) is 0 Å². The van der Waals surface area contributed by atoms with Gasteiger partial charge in [-0.2, -0.15) is 0 Å². The van der Waals surface area contributed by atoms with Gasteiger partial charge in [-0.05, 0) is 24.2 Å². The lowest BCUT2D eigenvalue weighted by Crippen LogP contribution is -2.45. The molecule has 0 spiro atoms. The second-order valence-corrected chi connectivity index (χ2v) is 4.94. The molecule has 2 rings (SSSR count). The molecule has 1 fully saturated rings. The monoisotopic (exact) mass is 263 g/mol. The number of rotatable bonds is 4. The molecule has 0 atom stereocenters. The van der Waals surface area contributed by atoms with Crippen LogP contribution in [0, 0.1) is 0 Å². The van der Waals surface area contributed by atoms with Gasteiger partial charge in [-0.1, -0.05) is 13.0 Å². The molecule has 0 radical (unpaired) electrons. The van der Waals surface area contributed by atoms with Crippen molar-refractivity contribution in [2.24, 2.45) is 0 Å². The largest absolute Gasteiger partial charge is 0.478 e. The van der Waals surface area contributed by atoms with E-state index in [-0.39, 0.29) is 5.56 Å². The Labute approximate surface area is 113 Å². The number of benzene rings is 1. The van der Waals surface area contributed by atoms with Gasteiger partial charge in [0.1, 0.15) is 0 Å². The average Bonchev–Trinajstić information content (AvgIpc) is 2.41. The number of anilines is 1. The van der Waals surface area contributed by atoms with Crippen LogP contribution < -0.4 is 5.73 Å². The van der Waals surface area contributed by atoms with E-state index in [0.717, 1.165) is 44.8 Å². The van der Waals surface area contributed by atoms with Crippen LogP contribution in [0.2, 0.25) is 0 Å². The fourth-order valence-corrected chi connectivity index (χ4v) is 2.41. The number of hydrogen-bond donors (Lipinski definition) is 2. The second kappa shape index (κ2) is 6.04. The Morgan fingerprint density at radius 1 is 1.26 bits per heavy atom. The van der Waals surface area contributed by atoms with Crippen molar-refractivity contribution in [2.45, 2.75) is 13.5 Å². The number of carbonyl (C=O) groups is 1. The van der Waals surface area contributed by atoms with Crippen LogP contribution in [0.4, 0.5) is 5.69 Å². The predicted molar refractivity (Wildman–Crippen MR) is 75.2 cm³/mol. The van der Waals surface area contributed by atoms with Crippen molar-refractivity contribution in [3.05, 3.63) is 29.3 Å². The van der Waals surface area contributed by atoms with E-state index in [0.29, 0.717) is 5.69 Å². The number of carboxylic acid groups (broad SMARTS) is 1. The smallest absolute Gasteiger partial charge is 0.337 e. The maximum absolute atomic E-state index is 11.0. The highest BCUT2D eigenvalue weighted by atomic mass is 16.4. The van der Waals surface area contributed by atoms with Crippen LogP contribution in [0.15, 0.2) is 18.2 Å². The van der Waals surface area contributed by atoms with E-state index >= 15 is 0 Å². The molecule has 1 heterocycles. The van der Waals surface area contributed by atoms with Crippen molar-refractivity contribution in [1.29, 1.82) is 0 Å². The Bertz CT molecular complexity index is 454. The summed E-state index contributed by atoms with van der Waals surface area (Å²) in [7, 11) is 0. The topological polar surface area (TPSA) is 69.8 Å². The molecule has 1 aliphatic heterocycles. The Morgan fingerprint density at radius 3 is 2.47 bits per heavy atom. The van der Waals surface area contributed by atoms with Crippen molar-refractivity contribution in [3.63, 3.8) is 0 Å². The second-order valence-electron chi connectivity index (χ2n) is 4.94. The normalized spacial score (nSPS) is 17.5. The molecule has 1 aliphatic rings. The van der Waals surface area contributed by atoms with E-state index in [4.69, 9.17) is 10.8 Å². The van der Waals surface area contributed by atoms with E-state index in [2.05, 4.69) is 16.7 Å². The molecule has 1 saturated heterocycles. The van der Waals surface area contributed by atoms with Gasteiger partial charge in [0.2, 0.25) is 0 Å². The number of piperazine rings is 1. The molecule has 0 aliphatic carbocycles. The highest BCUT2D eigenvalue weighted by molar-refractivity contribution is 5.93. The summed E-state index contributed by atoms with van der Waals surface area (Å²) in [6.45, 7) is 8.28. The molecule has 1 aromatic rings. The zero-order valence-corrected chi connectivity index (χ0v) is 11.3. The summed E-state index contributed by atoms with van der Waals surface area (Å²) >= 11 is 0. The van der Waals surface area contributed by atoms with Crippen LogP contribution in [0.3, 0.4) is 0 Å². The Kier molecular flexibility index (Phi) is 4.39. The highest BCUT2D eigenvalue weighted by Crippen LogP contribution is 2.16. The molecule has 5 heteroatoms. The third-order valence-electron chi connectivity index (χ3n) is 3.67. The fraction of sp³-hybridized carbons (Fsp3) is 0.500. The third-order valence-corrected chi connectivity index (χ3v) is 3.67. The molecule has 1 aromatic carbocycles. The number of hydrogen-bond acceptors (Lipinski definition) is 4.